The molecule has 5 nitrogen and oxygen atoms in total. The molecule has 108 valence electrons. The van der Waals surface area contributed by atoms with E-state index in [0.29, 0.717) is 5.75 Å². The van der Waals surface area contributed by atoms with E-state index in [9.17, 15) is 0 Å². The average Bonchev–Trinajstić information content (AvgIpc) is 2.85. The maximum Gasteiger partial charge on any atom is 0.161 e. The molecule has 0 aliphatic carbocycles. The maximum absolute atomic E-state index is 5.31. The van der Waals surface area contributed by atoms with E-state index in [1.54, 1.807) is 18.9 Å². The topological polar surface area (TPSA) is 48.3 Å². The average molecular weight is 340 g/mol. The molecular formula is C14H18BrN3O2. The van der Waals surface area contributed by atoms with Crippen molar-refractivity contribution in [3.05, 3.63) is 40.1 Å². The van der Waals surface area contributed by atoms with Gasteiger partial charge in [-0.05, 0) is 23.8 Å². The first-order valence-electron chi connectivity index (χ1n) is 6.23. The third kappa shape index (κ3) is 3.52. The molecule has 0 fully saturated rings. The lowest BCUT2D eigenvalue weighted by Gasteiger charge is -2.12. The van der Waals surface area contributed by atoms with Gasteiger partial charge in [-0.3, -0.25) is 4.68 Å². The zero-order valence-electron chi connectivity index (χ0n) is 11.8. The Bertz CT molecular complexity index is 584. The maximum atomic E-state index is 5.31. The lowest BCUT2D eigenvalue weighted by Crippen LogP contribution is -2.14. The fraction of sp³-hybridized carbons (Fsp3) is 0.357. The minimum absolute atomic E-state index is 0.716. The third-order valence-electron chi connectivity index (χ3n) is 2.94. The number of hydrogen-bond acceptors (Lipinski definition) is 4. The van der Waals surface area contributed by atoms with Crippen molar-refractivity contribution in [2.45, 2.75) is 13.1 Å². The number of ether oxygens (including phenoxy) is 2. The molecule has 0 aliphatic rings. The predicted octanol–water partition coefficient (Wildman–Crippen LogP) is 2.49. The Kier molecular flexibility index (Phi) is 5.03. The van der Waals surface area contributed by atoms with Gasteiger partial charge in [-0.1, -0.05) is 15.9 Å². The molecule has 0 unspecified atom stereocenters. The molecule has 0 bridgehead atoms. The number of rotatable bonds is 6. The van der Waals surface area contributed by atoms with Crippen molar-refractivity contribution in [1.82, 2.24) is 15.1 Å². The van der Waals surface area contributed by atoms with E-state index in [0.717, 1.165) is 34.6 Å². The first kappa shape index (κ1) is 14.9. The van der Waals surface area contributed by atoms with Crippen LogP contribution in [0.15, 0.2) is 28.9 Å². The molecule has 1 aromatic heterocycles. The molecule has 0 saturated heterocycles. The van der Waals surface area contributed by atoms with E-state index in [1.807, 2.05) is 31.4 Å². The van der Waals surface area contributed by atoms with Crippen LogP contribution in [0, 0.1) is 0 Å². The Labute approximate surface area is 127 Å². The Hall–Kier alpha value is -1.53. The van der Waals surface area contributed by atoms with Gasteiger partial charge in [-0.2, -0.15) is 5.10 Å². The van der Waals surface area contributed by atoms with Crippen LogP contribution in [-0.4, -0.2) is 24.0 Å². The normalized spacial score (nSPS) is 10.6. The van der Waals surface area contributed by atoms with E-state index in [-0.39, 0.29) is 0 Å². The summed E-state index contributed by atoms with van der Waals surface area (Å²) in [5, 5.41) is 7.68. The number of halogens is 1. The van der Waals surface area contributed by atoms with Gasteiger partial charge in [-0.25, -0.2) is 0 Å². The van der Waals surface area contributed by atoms with Crippen molar-refractivity contribution in [3.8, 4) is 11.5 Å². The quantitative estimate of drug-likeness (QED) is 0.878. The van der Waals surface area contributed by atoms with Gasteiger partial charge < -0.3 is 14.8 Å². The Morgan fingerprint density at radius 1 is 1.20 bits per heavy atom. The van der Waals surface area contributed by atoms with Crippen LogP contribution in [0.1, 0.15) is 11.3 Å². The zero-order chi connectivity index (χ0) is 14.5. The number of methoxy groups -OCH3 is 2. The SMILES string of the molecule is COc1cc(Br)c(CNCc2ccn(C)n2)cc1OC. The molecular weight excluding hydrogens is 322 g/mol. The van der Waals surface area contributed by atoms with Gasteiger partial charge in [0, 0.05) is 30.8 Å². The molecule has 0 amide bonds. The second kappa shape index (κ2) is 6.76. The molecule has 1 heterocycles. The highest BCUT2D eigenvalue weighted by Gasteiger charge is 2.09. The minimum atomic E-state index is 0.716. The van der Waals surface area contributed by atoms with Crippen LogP contribution in [0.4, 0.5) is 0 Å². The molecule has 6 heteroatoms. The molecule has 0 aliphatic heterocycles. The van der Waals surface area contributed by atoms with Crippen molar-refractivity contribution in [2.75, 3.05) is 14.2 Å². The minimum Gasteiger partial charge on any atom is -0.493 e. The fourth-order valence-corrected chi connectivity index (χ4v) is 2.38. The third-order valence-corrected chi connectivity index (χ3v) is 3.68. The summed E-state index contributed by atoms with van der Waals surface area (Å²) in [5.74, 6) is 1.44. The summed E-state index contributed by atoms with van der Waals surface area (Å²) in [6.45, 7) is 1.44. The Balaban J connectivity index is 2.02. The fourth-order valence-electron chi connectivity index (χ4n) is 1.91. The van der Waals surface area contributed by atoms with E-state index < -0.39 is 0 Å². The number of benzene rings is 1. The van der Waals surface area contributed by atoms with Gasteiger partial charge in [0.15, 0.2) is 11.5 Å². The monoisotopic (exact) mass is 339 g/mol. The summed E-state index contributed by atoms with van der Waals surface area (Å²) < 4.78 is 13.4. The number of hydrogen-bond donors (Lipinski definition) is 1. The summed E-state index contributed by atoms with van der Waals surface area (Å²) in [6.07, 6.45) is 1.93. The molecule has 1 N–H and O–H groups in total. The smallest absolute Gasteiger partial charge is 0.161 e. The van der Waals surface area contributed by atoms with Crippen molar-refractivity contribution in [2.24, 2.45) is 7.05 Å². The summed E-state index contributed by atoms with van der Waals surface area (Å²) in [4.78, 5) is 0. The molecule has 1 aromatic carbocycles. The van der Waals surface area contributed by atoms with Gasteiger partial charge in [-0.15, -0.1) is 0 Å². The van der Waals surface area contributed by atoms with Crippen LogP contribution in [0.3, 0.4) is 0 Å². The van der Waals surface area contributed by atoms with Crippen LogP contribution in [-0.2, 0) is 20.1 Å². The van der Waals surface area contributed by atoms with Crippen LogP contribution in [0.25, 0.3) is 0 Å². The number of aromatic nitrogens is 2. The predicted molar refractivity (Wildman–Crippen MR) is 81.0 cm³/mol. The lowest BCUT2D eigenvalue weighted by molar-refractivity contribution is 0.354. The molecule has 0 radical (unpaired) electrons. The largest absolute Gasteiger partial charge is 0.493 e. The van der Waals surface area contributed by atoms with Crippen molar-refractivity contribution >= 4 is 15.9 Å². The van der Waals surface area contributed by atoms with E-state index in [2.05, 4.69) is 26.3 Å². The van der Waals surface area contributed by atoms with Crippen LogP contribution in [0.2, 0.25) is 0 Å². The second-order valence-corrected chi connectivity index (χ2v) is 5.24. The standard InChI is InChI=1S/C14H18BrN3O2/c1-18-5-4-11(17-18)9-16-8-10-6-13(19-2)14(20-3)7-12(10)15/h4-7,16H,8-9H2,1-3H3. The van der Waals surface area contributed by atoms with Crippen LogP contribution >= 0.6 is 15.9 Å². The first-order valence-corrected chi connectivity index (χ1v) is 7.03. The van der Waals surface area contributed by atoms with E-state index >= 15 is 0 Å². The van der Waals surface area contributed by atoms with Crippen molar-refractivity contribution < 1.29 is 9.47 Å². The molecule has 0 atom stereocenters. The highest BCUT2D eigenvalue weighted by Crippen LogP contribution is 2.33. The molecule has 0 saturated carbocycles. The highest BCUT2D eigenvalue weighted by molar-refractivity contribution is 9.10. The molecule has 2 aromatic rings. The molecule has 0 spiro atoms. The number of nitrogens with zero attached hydrogens (tertiary/aromatic N) is 2. The molecule has 20 heavy (non-hydrogen) atoms. The lowest BCUT2D eigenvalue weighted by atomic mass is 10.2. The van der Waals surface area contributed by atoms with Gasteiger partial charge in [0.25, 0.3) is 0 Å². The van der Waals surface area contributed by atoms with Gasteiger partial charge >= 0.3 is 0 Å². The number of nitrogens with one attached hydrogen (secondary N) is 1. The summed E-state index contributed by atoms with van der Waals surface area (Å²) in [7, 11) is 5.18. The first-order chi connectivity index (χ1) is 9.63. The highest BCUT2D eigenvalue weighted by atomic mass is 79.9. The molecule has 2 rings (SSSR count). The van der Waals surface area contributed by atoms with E-state index in [4.69, 9.17) is 9.47 Å². The summed E-state index contributed by atoms with van der Waals surface area (Å²) >= 11 is 3.55. The number of aryl methyl sites for hydroxylation is 1. The zero-order valence-corrected chi connectivity index (χ0v) is 13.4. The Morgan fingerprint density at radius 3 is 2.50 bits per heavy atom. The van der Waals surface area contributed by atoms with Gasteiger partial charge in [0.1, 0.15) is 0 Å². The Morgan fingerprint density at radius 2 is 1.90 bits per heavy atom. The van der Waals surface area contributed by atoms with Crippen LogP contribution < -0.4 is 14.8 Å². The summed E-state index contributed by atoms with van der Waals surface area (Å²) in [6, 6.07) is 5.88. The summed E-state index contributed by atoms with van der Waals surface area (Å²) in [5.41, 5.74) is 2.13. The van der Waals surface area contributed by atoms with Crippen LogP contribution in [0.5, 0.6) is 11.5 Å². The van der Waals surface area contributed by atoms with E-state index in [1.165, 1.54) is 0 Å². The van der Waals surface area contributed by atoms with Gasteiger partial charge in [0.05, 0.1) is 19.9 Å². The van der Waals surface area contributed by atoms with Crippen molar-refractivity contribution in [1.29, 1.82) is 0 Å². The van der Waals surface area contributed by atoms with Crippen molar-refractivity contribution in [3.63, 3.8) is 0 Å². The second-order valence-electron chi connectivity index (χ2n) is 4.38. The van der Waals surface area contributed by atoms with Gasteiger partial charge in [0.2, 0.25) is 0 Å².